The van der Waals surface area contributed by atoms with Gasteiger partial charge in [-0.15, -0.1) is 0 Å². The lowest BCUT2D eigenvalue weighted by Crippen LogP contribution is -1.97. The fraction of sp³-hybridized carbons (Fsp3) is 0. The molecule has 0 amide bonds. The number of fused-ring (bicyclic) bond motifs is 7. The summed E-state index contributed by atoms with van der Waals surface area (Å²) >= 11 is 0. The van der Waals surface area contributed by atoms with Crippen molar-refractivity contribution in [3.8, 4) is 11.4 Å². The van der Waals surface area contributed by atoms with Gasteiger partial charge in [-0.2, -0.15) is 0 Å². The van der Waals surface area contributed by atoms with Crippen LogP contribution in [-0.4, -0.2) is 9.13 Å². The summed E-state index contributed by atoms with van der Waals surface area (Å²) in [5.41, 5.74) is 6.11. The van der Waals surface area contributed by atoms with Crippen LogP contribution in [0, 0.1) is 0 Å². The third-order valence-electron chi connectivity index (χ3n) is 7.49. The predicted octanol–water partition coefficient (Wildman–Crippen LogP) is 9.03. The maximum absolute atomic E-state index is 2.48. The summed E-state index contributed by atoms with van der Waals surface area (Å²) in [6.45, 7) is 0. The number of aromatic nitrogens is 2. The molecule has 2 heteroatoms. The smallest absolute Gasteiger partial charge is 0.0628 e. The van der Waals surface area contributed by atoms with Crippen molar-refractivity contribution < 1.29 is 0 Å². The third-order valence-corrected chi connectivity index (χ3v) is 7.49. The van der Waals surface area contributed by atoms with Crippen LogP contribution in [0.15, 0.2) is 134 Å². The number of rotatable bonds is 2. The molecule has 8 aromatic rings. The van der Waals surface area contributed by atoms with Gasteiger partial charge in [-0.1, -0.05) is 91.0 Å². The van der Waals surface area contributed by atoms with Crippen LogP contribution in [-0.2, 0) is 0 Å². The summed E-state index contributed by atoms with van der Waals surface area (Å²) in [5.74, 6) is 0. The Hall–Kier alpha value is -4.82. The average Bonchev–Trinajstić information content (AvgIpc) is 3.51. The largest absolute Gasteiger partial charge is 0.316 e. The summed E-state index contributed by atoms with van der Waals surface area (Å²) in [4.78, 5) is 0. The molecule has 0 radical (unpaired) electrons. The van der Waals surface area contributed by atoms with E-state index in [0.717, 1.165) is 0 Å². The second-order valence-corrected chi connectivity index (χ2v) is 9.44. The van der Waals surface area contributed by atoms with Crippen molar-refractivity contribution >= 4 is 54.3 Å². The van der Waals surface area contributed by atoms with E-state index in [9.17, 15) is 0 Å². The van der Waals surface area contributed by atoms with Gasteiger partial charge < -0.3 is 9.13 Å². The minimum Gasteiger partial charge on any atom is -0.316 e. The Morgan fingerprint density at radius 1 is 0.444 bits per heavy atom. The van der Waals surface area contributed by atoms with Gasteiger partial charge in [0.25, 0.3) is 0 Å². The normalized spacial score (nSPS) is 11.9. The van der Waals surface area contributed by atoms with E-state index in [4.69, 9.17) is 0 Å². The van der Waals surface area contributed by atoms with Crippen LogP contribution in [0.3, 0.4) is 0 Å². The standard InChI is InChI=1S/C34H22N2/c1-2-12-26(13-3-1)35-21-20-23-18-19-31-32(33(23)35)29-16-8-9-17-30(29)36(31)34-27-14-6-4-10-24(27)22-25-11-5-7-15-28(25)34/h1-22H. The Labute approximate surface area is 208 Å². The summed E-state index contributed by atoms with van der Waals surface area (Å²) in [5, 5.41) is 8.84. The van der Waals surface area contributed by atoms with Crippen molar-refractivity contribution in [1.29, 1.82) is 0 Å². The van der Waals surface area contributed by atoms with Crippen LogP contribution in [0.25, 0.3) is 65.6 Å². The molecule has 0 aliphatic carbocycles. The summed E-state index contributed by atoms with van der Waals surface area (Å²) in [6.07, 6.45) is 2.19. The van der Waals surface area contributed by atoms with Crippen LogP contribution in [0.4, 0.5) is 0 Å². The Balaban J connectivity index is 1.62. The molecule has 0 saturated heterocycles. The second-order valence-electron chi connectivity index (χ2n) is 9.44. The van der Waals surface area contributed by atoms with Gasteiger partial charge in [0.05, 0.1) is 22.2 Å². The molecule has 0 bridgehead atoms. The molecule has 0 aliphatic rings. The highest BCUT2D eigenvalue weighted by Crippen LogP contribution is 2.41. The minimum atomic E-state index is 1.17. The van der Waals surface area contributed by atoms with Crippen LogP contribution in [0.5, 0.6) is 0 Å². The van der Waals surface area contributed by atoms with E-state index >= 15 is 0 Å². The molecule has 0 unspecified atom stereocenters. The van der Waals surface area contributed by atoms with Crippen LogP contribution in [0.1, 0.15) is 0 Å². The van der Waals surface area contributed by atoms with Crippen molar-refractivity contribution in [3.63, 3.8) is 0 Å². The lowest BCUT2D eigenvalue weighted by molar-refractivity contribution is 1.13. The molecule has 2 heterocycles. The third kappa shape index (κ3) is 2.61. The van der Waals surface area contributed by atoms with E-state index in [-0.39, 0.29) is 0 Å². The van der Waals surface area contributed by atoms with Gasteiger partial charge in [-0.25, -0.2) is 0 Å². The number of benzene rings is 6. The highest BCUT2D eigenvalue weighted by molar-refractivity contribution is 6.22. The molecule has 36 heavy (non-hydrogen) atoms. The number of hydrogen-bond acceptors (Lipinski definition) is 0. The first kappa shape index (κ1) is 19.5. The molecular formula is C34H22N2. The molecule has 0 spiro atoms. The topological polar surface area (TPSA) is 9.86 Å². The zero-order valence-electron chi connectivity index (χ0n) is 19.6. The Bertz CT molecular complexity index is 2040. The van der Waals surface area contributed by atoms with Crippen molar-refractivity contribution in [2.45, 2.75) is 0 Å². The molecule has 0 atom stereocenters. The molecule has 0 aliphatic heterocycles. The van der Waals surface area contributed by atoms with E-state index in [1.54, 1.807) is 0 Å². The fourth-order valence-corrected chi connectivity index (χ4v) is 5.96. The highest BCUT2D eigenvalue weighted by Gasteiger charge is 2.20. The van der Waals surface area contributed by atoms with Crippen LogP contribution in [0.2, 0.25) is 0 Å². The molecule has 168 valence electrons. The SMILES string of the molecule is c1ccc(-n2ccc3ccc4c(c5ccccc5n4-c4c5ccccc5cc5ccccc45)c32)cc1. The van der Waals surface area contributed by atoms with Crippen molar-refractivity contribution in [3.05, 3.63) is 134 Å². The number of nitrogens with zero attached hydrogens (tertiary/aromatic N) is 2. The molecule has 8 rings (SSSR count). The number of hydrogen-bond donors (Lipinski definition) is 0. The van der Waals surface area contributed by atoms with E-state index in [0.29, 0.717) is 0 Å². The quantitative estimate of drug-likeness (QED) is 0.229. The first-order valence-electron chi connectivity index (χ1n) is 12.4. The minimum absolute atomic E-state index is 1.17. The highest BCUT2D eigenvalue weighted by atomic mass is 15.0. The van der Waals surface area contributed by atoms with E-state index in [1.165, 1.54) is 65.6 Å². The van der Waals surface area contributed by atoms with Crippen LogP contribution >= 0.6 is 0 Å². The Morgan fingerprint density at radius 2 is 1.08 bits per heavy atom. The average molecular weight is 459 g/mol. The monoisotopic (exact) mass is 458 g/mol. The van der Waals surface area contributed by atoms with Gasteiger partial charge in [0.1, 0.15) is 0 Å². The molecule has 2 nitrogen and oxygen atoms in total. The predicted molar refractivity (Wildman–Crippen MR) is 153 cm³/mol. The first-order valence-corrected chi connectivity index (χ1v) is 12.4. The van der Waals surface area contributed by atoms with Gasteiger partial charge in [0, 0.05) is 38.8 Å². The molecule has 0 fully saturated rings. The molecule has 0 saturated carbocycles. The van der Waals surface area contributed by atoms with E-state index in [1.807, 2.05) is 0 Å². The van der Waals surface area contributed by atoms with Crippen LogP contribution < -0.4 is 0 Å². The van der Waals surface area contributed by atoms with Crippen molar-refractivity contribution in [2.24, 2.45) is 0 Å². The van der Waals surface area contributed by atoms with Gasteiger partial charge in [0.2, 0.25) is 0 Å². The van der Waals surface area contributed by atoms with E-state index in [2.05, 4.69) is 143 Å². The van der Waals surface area contributed by atoms with Gasteiger partial charge in [0.15, 0.2) is 0 Å². The van der Waals surface area contributed by atoms with E-state index < -0.39 is 0 Å². The molecular weight excluding hydrogens is 436 g/mol. The van der Waals surface area contributed by atoms with Gasteiger partial charge in [-0.3, -0.25) is 0 Å². The lowest BCUT2D eigenvalue weighted by atomic mass is 10.0. The zero-order valence-corrected chi connectivity index (χ0v) is 19.6. The summed E-state index contributed by atoms with van der Waals surface area (Å²) < 4.78 is 4.81. The summed E-state index contributed by atoms with van der Waals surface area (Å²) in [6, 6.07) is 46.0. The number of para-hydroxylation sites is 2. The fourth-order valence-electron chi connectivity index (χ4n) is 5.96. The van der Waals surface area contributed by atoms with Gasteiger partial charge in [-0.05, 0) is 47.2 Å². The Morgan fingerprint density at radius 3 is 1.83 bits per heavy atom. The zero-order chi connectivity index (χ0) is 23.6. The second kappa shape index (κ2) is 7.34. The summed E-state index contributed by atoms with van der Waals surface area (Å²) in [7, 11) is 0. The maximum Gasteiger partial charge on any atom is 0.0628 e. The lowest BCUT2D eigenvalue weighted by Gasteiger charge is -2.15. The first-order chi connectivity index (χ1) is 17.9. The molecule has 0 N–H and O–H groups in total. The maximum atomic E-state index is 2.48. The van der Waals surface area contributed by atoms with Crippen molar-refractivity contribution in [2.75, 3.05) is 0 Å². The molecule has 6 aromatic carbocycles. The molecule has 2 aromatic heterocycles. The van der Waals surface area contributed by atoms with Gasteiger partial charge >= 0.3 is 0 Å². The Kier molecular flexibility index (Phi) is 3.97. The van der Waals surface area contributed by atoms with Crippen molar-refractivity contribution in [1.82, 2.24) is 9.13 Å².